The molecule has 8 heteroatoms. The lowest BCUT2D eigenvalue weighted by molar-refractivity contribution is -0.141. The molecule has 2 aromatic carbocycles. The van der Waals surface area contributed by atoms with Gasteiger partial charge in [-0.1, -0.05) is 50.2 Å². The van der Waals surface area contributed by atoms with Gasteiger partial charge in [0.25, 0.3) is 11.8 Å². The van der Waals surface area contributed by atoms with Gasteiger partial charge in [-0.15, -0.1) is 0 Å². The molecule has 0 aromatic heterocycles. The lowest BCUT2D eigenvalue weighted by Gasteiger charge is -2.24. The van der Waals surface area contributed by atoms with Crippen LogP contribution in [-0.4, -0.2) is 50.9 Å². The summed E-state index contributed by atoms with van der Waals surface area (Å²) in [4.78, 5) is 50.0. The number of carboxylic acid groups (broad SMARTS) is 2. The van der Waals surface area contributed by atoms with Gasteiger partial charge in [0.05, 0.1) is 11.1 Å². The van der Waals surface area contributed by atoms with E-state index in [2.05, 4.69) is 5.32 Å². The van der Waals surface area contributed by atoms with Gasteiger partial charge in [-0.05, 0) is 35.6 Å². The molecule has 3 rings (SSSR count). The first kappa shape index (κ1) is 23.1. The van der Waals surface area contributed by atoms with E-state index in [9.17, 15) is 29.4 Å². The van der Waals surface area contributed by atoms with Crippen LogP contribution < -0.4 is 5.32 Å². The molecule has 2 atom stereocenters. The Bertz CT molecular complexity index is 1010. The summed E-state index contributed by atoms with van der Waals surface area (Å²) < 4.78 is 0. The zero-order valence-electron chi connectivity index (χ0n) is 17.9. The molecule has 1 aliphatic rings. The number of carbonyl (C=O) groups excluding carboxylic acids is 2. The highest BCUT2D eigenvalue weighted by Gasteiger charge is 2.42. The standard InChI is InChI=1S/C24H26N2O6/c1-14(2)11-19(23(29)30)25-13-16-8-4-3-7-15(16)12-20(24(31)32)26-21(27)17-9-5-6-10-18(17)22(26)28/h3-10,14,19-20,25H,11-13H2,1-2H3,(H,29,30)(H,31,32). The van der Waals surface area contributed by atoms with Crippen LogP contribution in [0.5, 0.6) is 0 Å². The number of hydrogen-bond acceptors (Lipinski definition) is 5. The van der Waals surface area contributed by atoms with Crippen molar-refractivity contribution in [3.63, 3.8) is 0 Å². The number of hydrogen-bond donors (Lipinski definition) is 3. The molecule has 168 valence electrons. The maximum absolute atomic E-state index is 12.8. The van der Waals surface area contributed by atoms with E-state index in [4.69, 9.17) is 0 Å². The fourth-order valence-corrected chi connectivity index (χ4v) is 3.89. The monoisotopic (exact) mass is 438 g/mol. The molecule has 0 spiro atoms. The number of nitrogens with one attached hydrogen (secondary N) is 1. The summed E-state index contributed by atoms with van der Waals surface area (Å²) in [6, 6.07) is 11.2. The molecule has 2 unspecified atom stereocenters. The van der Waals surface area contributed by atoms with Gasteiger partial charge < -0.3 is 15.5 Å². The third-order valence-corrected chi connectivity index (χ3v) is 5.50. The maximum atomic E-state index is 12.8. The van der Waals surface area contributed by atoms with E-state index in [0.29, 0.717) is 17.5 Å². The van der Waals surface area contributed by atoms with Gasteiger partial charge in [-0.3, -0.25) is 19.3 Å². The van der Waals surface area contributed by atoms with Crippen molar-refractivity contribution in [1.29, 1.82) is 0 Å². The minimum atomic E-state index is -1.38. The molecule has 2 aromatic rings. The van der Waals surface area contributed by atoms with Crippen molar-refractivity contribution in [3.05, 3.63) is 70.8 Å². The largest absolute Gasteiger partial charge is 0.480 e. The minimum Gasteiger partial charge on any atom is -0.480 e. The Balaban J connectivity index is 1.83. The van der Waals surface area contributed by atoms with Gasteiger partial charge in [-0.25, -0.2) is 4.79 Å². The van der Waals surface area contributed by atoms with E-state index in [-0.39, 0.29) is 30.0 Å². The molecule has 0 saturated heterocycles. The molecule has 0 aliphatic carbocycles. The quantitative estimate of drug-likeness (QED) is 0.487. The molecule has 32 heavy (non-hydrogen) atoms. The number of rotatable bonds is 10. The topological polar surface area (TPSA) is 124 Å². The van der Waals surface area contributed by atoms with E-state index in [1.165, 1.54) is 12.1 Å². The van der Waals surface area contributed by atoms with Crippen LogP contribution in [0.1, 0.15) is 52.1 Å². The molecule has 0 fully saturated rings. The second-order valence-corrected chi connectivity index (χ2v) is 8.25. The average Bonchev–Trinajstić information content (AvgIpc) is 3.00. The highest BCUT2D eigenvalue weighted by molar-refractivity contribution is 6.22. The molecule has 0 bridgehead atoms. The number of nitrogens with zero attached hydrogens (tertiary/aromatic N) is 1. The lowest BCUT2D eigenvalue weighted by atomic mass is 9.98. The molecular formula is C24H26N2O6. The van der Waals surface area contributed by atoms with Gasteiger partial charge in [0.15, 0.2) is 0 Å². The zero-order chi connectivity index (χ0) is 23.4. The summed E-state index contributed by atoms with van der Waals surface area (Å²) in [5.41, 5.74) is 1.72. The first-order valence-corrected chi connectivity index (χ1v) is 10.4. The number of benzene rings is 2. The summed E-state index contributed by atoms with van der Waals surface area (Å²) >= 11 is 0. The van der Waals surface area contributed by atoms with Crippen LogP contribution in [0.2, 0.25) is 0 Å². The van der Waals surface area contributed by atoms with Gasteiger partial charge in [0.1, 0.15) is 12.1 Å². The summed E-state index contributed by atoms with van der Waals surface area (Å²) in [6.07, 6.45) is 0.366. The van der Waals surface area contributed by atoms with Crippen molar-refractivity contribution in [3.8, 4) is 0 Å². The normalized spacial score (nSPS) is 15.0. The van der Waals surface area contributed by atoms with Gasteiger partial charge in [-0.2, -0.15) is 0 Å². The van der Waals surface area contributed by atoms with Crippen molar-refractivity contribution in [1.82, 2.24) is 10.2 Å². The maximum Gasteiger partial charge on any atom is 0.327 e. The van der Waals surface area contributed by atoms with Crippen molar-refractivity contribution >= 4 is 23.8 Å². The van der Waals surface area contributed by atoms with Crippen LogP contribution in [0, 0.1) is 5.92 Å². The first-order valence-electron chi connectivity index (χ1n) is 10.4. The molecule has 0 radical (unpaired) electrons. The Morgan fingerprint density at radius 2 is 1.41 bits per heavy atom. The summed E-state index contributed by atoms with van der Waals surface area (Å²) in [5.74, 6) is -3.31. The van der Waals surface area contributed by atoms with Crippen molar-refractivity contribution in [2.45, 2.75) is 45.3 Å². The fourth-order valence-electron chi connectivity index (χ4n) is 3.89. The third-order valence-electron chi connectivity index (χ3n) is 5.50. The van der Waals surface area contributed by atoms with Gasteiger partial charge in [0, 0.05) is 13.0 Å². The van der Waals surface area contributed by atoms with Crippen LogP contribution in [0.15, 0.2) is 48.5 Å². The number of carbonyl (C=O) groups is 4. The van der Waals surface area contributed by atoms with Crippen LogP contribution in [0.25, 0.3) is 0 Å². The average molecular weight is 438 g/mol. The fraction of sp³-hybridized carbons (Fsp3) is 0.333. The Labute approximate surface area is 185 Å². The van der Waals surface area contributed by atoms with Crippen molar-refractivity contribution in [2.75, 3.05) is 0 Å². The number of imide groups is 1. The van der Waals surface area contributed by atoms with Crippen LogP contribution in [-0.2, 0) is 22.6 Å². The summed E-state index contributed by atoms with van der Waals surface area (Å²) in [5, 5.41) is 22.3. The minimum absolute atomic E-state index is 0.0828. The molecule has 0 saturated carbocycles. The smallest absolute Gasteiger partial charge is 0.327 e. The molecule has 1 heterocycles. The van der Waals surface area contributed by atoms with Crippen LogP contribution >= 0.6 is 0 Å². The number of aliphatic carboxylic acids is 2. The second-order valence-electron chi connectivity index (χ2n) is 8.25. The van der Waals surface area contributed by atoms with Gasteiger partial charge in [0.2, 0.25) is 0 Å². The number of carboxylic acids is 2. The Kier molecular flexibility index (Phi) is 7.05. The predicted molar refractivity (Wildman–Crippen MR) is 116 cm³/mol. The second kappa shape index (κ2) is 9.74. The molecule has 1 aliphatic heterocycles. The van der Waals surface area contributed by atoms with E-state index in [1.54, 1.807) is 36.4 Å². The SMILES string of the molecule is CC(C)CC(NCc1ccccc1CC(C(=O)O)N1C(=O)c2ccccc2C1=O)C(=O)O. The van der Waals surface area contributed by atoms with E-state index < -0.39 is 35.8 Å². The van der Waals surface area contributed by atoms with E-state index >= 15 is 0 Å². The summed E-state index contributed by atoms with van der Waals surface area (Å²) in [7, 11) is 0. The Morgan fingerprint density at radius 1 is 0.875 bits per heavy atom. The van der Waals surface area contributed by atoms with Crippen LogP contribution in [0.4, 0.5) is 0 Å². The zero-order valence-corrected chi connectivity index (χ0v) is 17.9. The van der Waals surface area contributed by atoms with Crippen molar-refractivity contribution < 1.29 is 29.4 Å². The van der Waals surface area contributed by atoms with E-state index in [0.717, 1.165) is 4.90 Å². The van der Waals surface area contributed by atoms with Crippen LogP contribution in [0.3, 0.4) is 0 Å². The van der Waals surface area contributed by atoms with E-state index in [1.807, 2.05) is 13.8 Å². The molecule has 3 N–H and O–H groups in total. The van der Waals surface area contributed by atoms with Crippen molar-refractivity contribution in [2.24, 2.45) is 5.92 Å². The lowest BCUT2D eigenvalue weighted by Crippen LogP contribution is -2.46. The highest BCUT2D eigenvalue weighted by atomic mass is 16.4. The Morgan fingerprint density at radius 3 is 1.91 bits per heavy atom. The molecule has 2 amide bonds. The number of amides is 2. The molecule has 8 nitrogen and oxygen atoms in total. The summed E-state index contributed by atoms with van der Waals surface area (Å²) in [6.45, 7) is 4.09. The predicted octanol–water partition coefficient (Wildman–Crippen LogP) is 2.57. The third kappa shape index (κ3) is 4.86. The first-order chi connectivity index (χ1) is 15.2. The Hall–Kier alpha value is -3.52. The number of fused-ring (bicyclic) bond motifs is 1. The highest BCUT2D eigenvalue weighted by Crippen LogP contribution is 2.26. The molecular weight excluding hydrogens is 412 g/mol. The van der Waals surface area contributed by atoms with Gasteiger partial charge >= 0.3 is 11.9 Å².